The van der Waals surface area contributed by atoms with Crippen LogP contribution in [-0.2, 0) is 4.74 Å². The Labute approximate surface area is 195 Å². The Morgan fingerprint density at radius 1 is 1.31 bits per heavy atom. The molecule has 0 bridgehead atoms. The Morgan fingerprint density at radius 2 is 2.10 bits per heavy atom. The highest BCUT2D eigenvalue weighted by Crippen LogP contribution is 2.34. The maximum Gasteiger partial charge on any atom is 0.195 e. The minimum absolute atomic E-state index is 0. The first-order valence-electron chi connectivity index (χ1n) is 9.90. The van der Waals surface area contributed by atoms with E-state index in [4.69, 9.17) is 14.2 Å². The lowest BCUT2D eigenvalue weighted by Gasteiger charge is -2.43. The van der Waals surface area contributed by atoms with Crippen molar-refractivity contribution in [2.45, 2.75) is 18.9 Å². The number of thioether (sulfide) groups is 1. The van der Waals surface area contributed by atoms with E-state index in [1.54, 1.807) is 14.2 Å². The molecule has 2 fully saturated rings. The molecule has 0 amide bonds. The second-order valence-electron chi connectivity index (χ2n) is 6.98. The molecule has 29 heavy (non-hydrogen) atoms. The summed E-state index contributed by atoms with van der Waals surface area (Å²) in [5.74, 6) is 4.57. The van der Waals surface area contributed by atoms with Gasteiger partial charge >= 0.3 is 0 Å². The molecule has 2 saturated heterocycles. The lowest BCUT2D eigenvalue weighted by molar-refractivity contribution is -0.0119. The van der Waals surface area contributed by atoms with E-state index in [9.17, 15) is 0 Å². The lowest BCUT2D eigenvalue weighted by atomic mass is 9.95. The number of nitrogens with zero attached hydrogens (tertiary/aromatic N) is 2. The molecule has 9 heteroatoms. The number of anilines is 1. The summed E-state index contributed by atoms with van der Waals surface area (Å²) >= 11 is 2.04. The molecule has 2 heterocycles. The Morgan fingerprint density at radius 3 is 2.72 bits per heavy atom. The van der Waals surface area contributed by atoms with Crippen LogP contribution < -0.4 is 20.1 Å². The molecule has 0 spiro atoms. The van der Waals surface area contributed by atoms with Gasteiger partial charge in [0.2, 0.25) is 0 Å². The molecular formula is C20H33IN4O3S. The van der Waals surface area contributed by atoms with Crippen molar-refractivity contribution in [3.63, 3.8) is 0 Å². The number of aliphatic imine (C=N–C) groups is 1. The van der Waals surface area contributed by atoms with Gasteiger partial charge in [-0.25, -0.2) is 0 Å². The van der Waals surface area contributed by atoms with Crippen LogP contribution in [0.15, 0.2) is 23.2 Å². The van der Waals surface area contributed by atoms with Gasteiger partial charge in [0, 0.05) is 49.7 Å². The van der Waals surface area contributed by atoms with E-state index in [1.807, 2.05) is 36.9 Å². The van der Waals surface area contributed by atoms with E-state index >= 15 is 0 Å². The maximum atomic E-state index is 5.59. The van der Waals surface area contributed by atoms with E-state index in [2.05, 4.69) is 20.5 Å². The van der Waals surface area contributed by atoms with Crippen molar-refractivity contribution in [2.24, 2.45) is 4.99 Å². The summed E-state index contributed by atoms with van der Waals surface area (Å²) in [5.41, 5.74) is 1.08. The molecule has 2 N–H and O–H groups in total. The van der Waals surface area contributed by atoms with Gasteiger partial charge in [-0.1, -0.05) is 0 Å². The largest absolute Gasteiger partial charge is 0.493 e. The Balaban J connectivity index is 0.00000300. The first-order valence-corrected chi connectivity index (χ1v) is 11.1. The fourth-order valence-corrected chi connectivity index (χ4v) is 5.20. The second kappa shape index (κ2) is 12.1. The van der Waals surface area contributed by atoms with Crippen LogP contribution in [-0.4, -0.2) is 81.5 Å². The third kappa shape index (κ3) is 6.28. The number of hydrogen-bond acceptors (Lipinski definition) is 6. The fraction of sp³-hybridized carbons (Fsp3) is 0.650. The van der Waals surface area contributed by atoms with E-state index in [1.165, 1.54) is 12.2 Å². The zero-order valence-electron chi connectivity index (χ0n) is 17.5. The Hall–Kier alpha value is -0.910. The first-order chi connectivity index (χ1) is 13.7. The van der Waals surface area contributed by atoms with Crippen LogP contribution in [0.1, 0.15) is 13.3 Å². The quantitative estimate of drug-likeness (QED) is 0.316. The predicted octanol–water partition coefficient (Wildman–Crippen LogP) is 2.91. The van der Waals surface area contributed by atoms with Crippen LogP contribution in [0.3, 0.4) is 0 Å². The van der Waals surface area contributed by atoms with Crippen molar-refractivity contribution in [1.82, 2.24) is 10.2 Å². The lowest BCUT2D eigenvalue weighted by Crippen LogP contribution is -2.59. The van der Waals surface area contributed by atoms with E-state index in [-0.39, 0.29) is 29.5 Å². The molecule has 2 aliphatic rings. The molecule has 0 aliphatic carbocycles. The number of halogens is 1. The van der Waals surface area contributed by atoms with Crippen molar-refractivity contribution in [1.29, 1.82) is 0 Å². The molecule has 1 aromatic carbocycles. The number of benzene rings is 1. The van der Waals surface area contributed by atoms with E-state index in [0.717, 1.165) is 56.0 Å². The average Bonchev–Trinajstić information content (AvgIpc) is 3.23. The van der Waals surface area contributed by atoms with Crippen LogP contribution in [0, 0.1) is 0 Å². The summed E-state index contributed by atoms with van der Waals surface area (Å²) in [5, 5.41) is 6.92. The third-order valence-corrected chi connectivity index (χ3v) is 6.53. The molecule has 1 atom stereocenters. The highest BCUT2D eigenvalue weighted by molar-refractivity contribution is 14.0. The summed E-state index contributed by atoms with van der Waals surface area (Å²) in [4.78, 5) is 7.00. The summed E-state index contributed by atoms with van der Waals surface area (Å²) in [6, 6.07) is 5.82. The minimum atomic E-state index is 0. The van der Waals surface area contributed by atoms with E-state index in [0.29, 0.717) is 12.4 Å². The minimum Gasteiger partial charge on any atom is -0.493 e. The smallest absolute Gasteiger partial charge is 0.195 e. The number of morpholine rings is 1. The zero-order chi connectivity index (χ0) is 19.8. The van der Waals surface area contributed by atoms with Gasteiger partial charge in [-0.15, -0.1) is 24.0 Å². The fourth-order valence-electron chi connectivity index (χ4n) is 3.72. The molecule has 2 aliphatic heterocycles. The Bertz CT molecular complexity index is 665. The van der Waals surface area contributed by atoms with Gasteiger partial charge in [-0.3, -0.25) is 9.89 Å². The third-order valence-electron chi connectivity index (χ3n) is 5.30. The van der Waals surface area contributed by atoms with Crippen molar-refractivity contribution >= 4 is 47.4 Å². The van der Waals surface area contributed by atoms with Crippen LogP contribution in [0.4, 0.5) is 5.69 Å². The van der Waals surface area contributed by atoms with Crippen molar-refractivity contribution in [3.8, 4) is 11.5 Å². The normalized spacial score (nSPS) is 22.7. The van der Waals surface area contributed by atoms with Crippen molar-refractivity contribution in [3.05, 3.63) is 18.2 Å². The zero-order valence-corrected chi connectivity index (χ0v) is 20.7. The molecule has 0 aromatic heterocycles. The van der Waals surface area contributed by atoms with Crippen molar-refractivity contribution < 1.29 is 14.2 Å². The summed E-state index contributed by atoms with van der Waals surface area (Å²) in [6.45, 7) is 7.09. The standard InChI is InChI=1S/C20H32N4O3S.HI/c1-4-27-17-6-5-16(13-18(17)25-3)23-19(21-2)22-14-20(7-12-28-15-20)24-8-10-26-11-9-24;/h5-6,13H,4,7-12,14-15H2,1-3H3,(H2,21,22,23);1H. The SMILES string of the molecule is CCOc1ccc(NC(=NC)NCC2(N3CCOCC3)CCSC2)cc1OC.I. The summed E-state index contributed by atoms with van der Waals surface area (Å²) < 4.78 is 16.6. The monoisotopic (exact) mass is 536 g/mol. The first kappa shape index (κ1) is 24.4. The van der Waals surface area contributed by atoms with Gasteiger partial charge < -0.3 is 24.8 Å². The highest BCUT2D eigenvalue weighted by atomic mass is 127. The van der Waals surface area contributed by atoms with Gasteiger partial charge in [0.05, 0.1) is 26.9 Å². The average molecular weight is 536 g/mol. The van der Waals surface area contributed by atoms with Crippen LogP contribution >= 0.6 is 35.7 Å². The summed E-state index contributed by atoms with van der Waals surface area (Å²) in [6.07, 6.45) is 1.19. The molecular weight excluding hydrogens is 503 g/mol. The predicted molar refractivity (Wildman–Crippen MR) is 132 cm³/mol. The molecule has 7 nitrogen and oxygen atoms in total. The molecule has 1 aromatic rings. The molecule has 164 valence electrons. The number of methoxy groups -OCH3 is 1. The highest BCUT2D eigenvalue weighted by Gasteiger charge is 2.40. The molecule has 0 saturated carbocycles. The number of ether oxygens (including phenoxy) is 3. The van der Waals surface area contributed by atoms with Crippen LogP contribution in [0.5, 0.6) is 11.5 Å². The van der Waals surface area contributed by atoms with Crippen molar-refractivity contribution in [2.75, 3.05) is 70.4 Å². The topological polar surface area (TPSA) is 67.4 Å². The van der Waals surface area contributed by atoms with Gasteiger partial charge in [-0.05, 0) is 31.2 Å². The van der Waals surface area contributed by atoms with Crippen LogP contribution in [0.25, 0.3) is 0 Å². The molecule has 0 radical (unpaired) electrons. The number of nitrogens with one attached hydrogen (secondary N) is 2. The summed E-state index contributed by atoms with van der Waals surface area (Å²) in [7, 11) is 3.45. The van der Waals surface area contributed by atoms with Gasteiger partial charge in [0.25, 0.3) is 0 Å². The molecule has 1 unspecified atom stereocenters. The van der Waals surface area contributed by atoms with Gasteiger partial charge in [0.1, 0.15) is 0 Å². The maximum absolute atomic E-state index is 5.59. The molecule has 3 rings (SSSR count). The van der Waals surface area contributed by atoms with Gasteiger partial charge in [0.15, 0.2) is 17.5 Å². The number of guanidine groups is 1. The van der Waals surface area contributed by atoms with Gasteiger partial charge in [-0.2, -0.15) is 11.8 Å². The number of hydrogen-bond donors (Lipinski definition) is 2. The van der Waals surface area contributed by atoms with E-state index < -0.39 is 0 Å². The van der Waals surface area contributed by atoms with Crippen LogP contribution in [0.2, 0.25) is 0 Å². The second-order valence-corrected chi connectivity index (χ2v) is 8.08. The number of rotatable bonds is 7. The Kier molecular flexibility index (Phi) is 10.1.